The topological polar surface area (TPSA) is 33.7 Å². The summed E-state index contributed by atoms with van der Waals surface area (Å²) in [7, 11) is 3.37. The van der Waals surface area contributed by atoms with Crippen LogP contribution in [0.4, 0.5) is 0 Å². The molecule has 0 bridgehead atoms. The van der Waals surface area contributed by atoms with Gasteiger partial charge >= 0.3 is 0 Å². The molecule has 1 atom stereocenters. The summed E-state index contributed by atoms with van der Waals surface area (Å²) in [5.41, 5.74) is 5.23. The third-order valence-corrected chi connectivity index (χ3v) is 4.97. The molecule has 0 amide bonds. The third kappa shape index (κ3) is 3.80. The molecule has 0 saturated carbocycles. The molecule has 1 aliphatic heterocycles. The maximum atomic E-state index is 5.55. The molecule has 1 heterocycles. The number of aryl methyl sites for hydroxylation is 2. The van der Waals surface area contributed by atoms with Crippen LogP contribution in [0, 0.1) is 13.8 Å². The quantitative estimate of drug-likeness (QED) is 0.905. The third-order valence-electron chi connectivity index (χ3n) is 4.97. The Bertz CT molecular complexity index is 724. The average molecular weight is 340 g/mol. The SMILES string of the molecule is COc1ccc(C(c2cc(C)ccc2C)N2CCNCC2)cc1OC. The van der Waals surface area contributed by atoms with Crippen molar-refractivity contribution < 1.29 is 9.47 Å². The van der Waals surface area contributed by atoms with E-state index < -0.39 is 0 Å². The van der Waals surface area contributed by atoms with Crippen molar-refractivity contribution in [2.45, 2.75) is 19.9 Å². The summed E-state index contributed by atoms with van der Waals surface area (Å²) in [6.45, 7) is 8.47. The van der Waals surface area contributed by atoms with Crippen LogP contribution in [0.3, 0.4) is 0 Å². The number of hydrogen-bond donors (Lipinski definition) is 1. The van der Waals surface area contributed by atoms with Gasteiger partial charge in [0.1, 0.15) is 0 Å². The first-order valence-corrected chi connectivity index (χ1v) is 8.88. The zero-order chi connectivity index (χ0) is 17.8. The summed E-state index contributed by atoms with van der Waals surface area (Å²) in [4.78, 5) is 2.56. The maximum Gasteiger partial charge on any atom is 0.161 e. The lowest BCUT2D eigenvalue weighted by Crippen LogP contribution is -2.45. The molecule has 1 fully saturated rings. The lowest BCUT2D eigenvalue weighted by molar-refractivity contribution is 0.197. The lowest BCUT2D eigenvalue weighted by Gasteiger charge is -2.36. The predicted octanol–water partition coefficient (Wildman–Crippen LogP) is 3.32. The van der Waals surface area contributed by atoms with Crippen molar-refractivity contribution >= 4 is 0 Å². The molecule has 1 saturated heterocycles. The molecule has 1 unspecified atom stereocenters. The number of hydrogen-bond acceptors (Lipinski definition) is 4. The van der Waals surface area contributed by atoms with Gasteiger partial charge in [-0.15, -0.1) is 0 Å². The maximum absolute atomic E-state index is 5.55. The van der Waals surface area contributed by atoms with E-state index in [1.54, 1.807) is 14.2 Å². The van der Waals surface area contributed by atoms with Crippen molar-refractivity contribution in [2.75, 3.05) is 40.4 Å². The summed E-state index contributed by atoms with van der Waals surface area (Å²) in [6.07, 6.45) is 0. The van der Waals surface area contributed by atoms with Gasteiger partial charge in [0, 0.05) is 26.2 Å². The minimum Gasteiger partial charge on any atom is -0.493 e. The molecular weight excluding hydrogens is 312 g/mol. The normalized spacial score (nSPS) is 16.5. The van der Waals surface area contributed by atoms with Gasteiger partial charge < -0.3 is 14.8 Å². The molecule has 0 spiro atoms. The van der Waals surface area contributed by atoms with E-state index in [1.165, 1.54) is 22.3 Å². The summed E-state index contributed by atoms with van der Waals surface area (Å²) < 4.78 is 11.0. The Morgan fingerprint density at radius 2 is 1.64 bits per heavy atom. The zero-order valence-electron chi connectivity index (χ0n) is 15.6. The average Bonchev–Trinajstić information content (AvgIpc) is 2.65. The van der Waals surface area contributed by atoms with Crippen LogP contribution in [-0.2, 0) is 0 Å². The molecule has 2 aromatic rings. The van der Waals surface area contributed by atoms with Gasteiger partial charge in [0.05, 0.1) is 20.3 Å². The first kappa shape index (κ1) is 17.8. The van der Waals surface area contributed by atoms with Crippen LogP contribution in [0.5, 0.6) is 11.5 Å². The predicted molar refractivity (Wildman–Crippen MR) is 102 cm³/mol. The van der Waals surface area contributed by atoms with Gasteiger partial charge in [0.15, 0.2) is 11.5 Å². The van der Waals surface area contributed by atoms with E-state index in [-0.39, 0.29) is 6.04 Å². The fourth-order valence-electron chi connectivity index (χ4n) is 3.60. The van der Waals surface area contributed by atoms with Gasteiger partial charge in [-0.25, -0.2) is 0 Å². The molecule has 2 aromatic carbocycles. The monoisotopic (exact) mass is 340 g/mol. The van der Waals surface area contributed by atoms with Gasteiger partial charge in [-0.05, 0) is 42.7 Å². The molecule has 1 aliphatic rings. The zero-order valence-corrected chi connectivity index (χ0v) is 15.6. The molecule has 3 rings (SSSR count). The Kier molecular flexibility index (Phi) is 5.61. The van der Waals surface area contributed by atoms with Crippen LogP contribution in [0.25, 0.3) is 0 Å². The number of methoxy groups -OCH3 is 2. The lowest BCUT2D eigenvalue weighted by atomic mass is 9.91. The smallest absolute Gasteiger partial charge is 0.161 e. The van der Waals surface area contributed by atoms with E-state index in [1.807, 2.05) is 6.07 Å². The minimum absolute atomic E-state index is 0.224. The van der Waals surface area contributed by atoms with Gasteiger partial charge in [0.25, 0.3) is 0 Å². The van der Waals surface area contributed by atoms with Gasteiger partial charge in [-0.3, -0.25) is 4.90 Å². The first-order valence-electron chi connectivity index (χ1n) is 8.88. The Labute approximate surface area is 150 Å². The van der Waals surface area contributed by atoms with Crippen LogP contribution in [0.15, 0.2) is 36.4 Å². The van der Waals surface area contributed by atoms with Crippen LogP contribution >= 0.6 is 0 Å². The number of benzene rings is 2. The van der Waals surface area contributed by atoms with Crippen LogP contribution in [0.2, 0.25) is 0 Å². The van der Waals surface area contributed by atoms with E-state index in [2.05, 4.69) is 54.4 Å². The Balaban J connectivity index is 2.09. The molecule has 1 N–H and O–H groups in total. The Morgan fingerprint density at radius 1 is 0.920 bits per heavy atom. The van der Waals surface area contributed by atoms with Crippen molar-refractivity contribution in [1.29, 1.82) is 0 Å². The van der Waals surface area contributed by atoms with E-state index >= 15 is 0 Å². The number of ether oxygens (including phenoxy) is 2. The number of nitrogens with zero attached hydrogens (tertiary/aromatic N) is 1. The van der Waals surface area contributed by atoms with Gasteiger partial charge in [-0.2, -0.15) is 0 Å². The van der Waals surface area contributed by atoms with Crippen LogP contribution in [-0.4, -0.2) is 45.3 Å². The van der Waals surface area contributed by atoms with E-state index in [9.17, 15) is 0 Å². The van der Waals surface area contributed by atoms with Crippen LogP contribution in [0.1, 0.15) is 28.3 Å². The first-order chi connectivity index (χ1) is 12.1. The van der Waals surface area contributed by atoms with Crippen molar-refractivity contribution in [1.82, 2.24) is 10.2 Å². The van der Waals surface area contributed by atoms with Crippen molar-refractivity contribution in [3.63, 3.8) is 0 Å². The second-order valence-electron chi connectivity index (χ2n) is 6.66. The van der Waals surface area contributed by atoms with Gasteiger partial charge in [-0.1, -0.05) is 29.8 Å². The summed E-state index contributed by atoms with van der Waals surface area (Å²) in [5.74, 6) is 1.55. The molecule has 0 radical (unpaired) electrons. The molecule has 4 nitrogen and oxygen atoms in total. The fourth-order valence-corrected chi connectivity index (χ4v) is 3.60. The van der Waals surface area contributed by atoms with E-state index in [0.29, 0.717) is 0 Å². The fraction of sp³-hybridized carbons (Fsp3) is 0.429. The molecule has 134 valence electrons. The molecule has 0 aliphatic carbocycles. The minimum atomic E-state index is 0.224. The van der Waals surface area contributed by atoms with E-state index in [4.69, 9.17) is 9.47 Å². The summed E-state index contributed by atoms with van der Waals surface area (Å²) in [5, 5.41) is 3.45. The number of nitrogens with one attached hydrogen (secondary N) is 1. The molecular formula is C21H28N2O2. The molecule has 25 heavy (non-hydrogen) atoms. The number of rotatable bonds is 5. The largest absolute Gasteiger partial charge is 0.493 e. The highest BCUT2D eigenvalue weighted by Crippen LogP contribution is 2.36. The van der Waals surface area contributed by atoms with E-state index in [0.717, 1.165) is 37.7 Å². The highest BCUT2D eigenvalue weighted by Gasteiger charge is 2.26. The second-order valence-corrected chi connectivity index (χ2v) is 6.66. The Hall–Kier alpha value is -2.04. The standard InChI is InChI=1S/C21H28N2O2/c1-15-5-6-16(2)18(13-15)21(23-11-9-22-10-12-23)17-7-8-19(24-3)20(14-17)25-4/h5-8,13-14,21-22H,9-12H2,1-4H3. The van der Waals surface area contributed by atoms with Crippen LogP contribution < -0.4 is 14.8 Å². The number of piperazine rings is 1. The van der Waals surface area contributed by atoms with Crippen molar-refractivity contribution in [3.8, 4) is 11.5 Å². The summed E-state index contributed by atoms with van der Waals surface area (Å²) in [6, 6.07) is 13.2. The Morgan fingerprint density at radius 3 is 2.32 bits per heavy atom. The summed E-state index contributed by atoms with van der Waals surface area (Å²) >= 11 is 0. The highest BCUT2D eigenvalue weighted by molar-refractivity contribution is 5.47. The second kappa shape index (κ2) is 7.89. The highest BCUT2D eigenvalue weighted by atomic mass is 16.5. The molecule has 4 heteroatoms. The molecule has 0 aromatic heterocycles. The van der Waals surface area contributed by atoms with Crippen molar-refractivity contribution in [3.05, 3.63) is 58.7 Å². The van der Waals surface area contributed by atoms with Crippen molar-refractivity contribution in [2.24, 2.45) is 0 Å². The van der Waals surface area contributed by atoms with Gasteiger partial charge in [0.2, 0.25) is 0 Å².